The highest BCUT2D eigenvalue weighted by molar-refractivity contribution is 6.32. The van der Waals surface area contributed by atoms with Crippen molar-refractivity contribution < 1.29 is 9.90 Å². The fraction of sp³-hybridized carbons (Fsp3) is 0.130. The number of anilines is 1. The zero-order valence-electron chi connectivity index (χ0n) is 15.6. The molecule has 1 aliphatic rings. The lowest BCUT2D eigenvalue weighted by Gasteiger charge is -2.20. The maximum atomic E-state index is 13.1. The number of phenolic OH excluding ortho intramolecular Hbond substituents is 1. The largest absolute Gasteiger partial charge is 0.508 e. The van der Waals surface area contributed by atoms with E-state index in [0.717, 1.165) is 22.4 Å². The molecule has 1 unspecified atom stereocenters. The van der Waals surface area contributed by atoms with E-state index in [4.69, 9.17) is 16.6 Å². The van der Waals surface area contributed by atoms with Crippen LogP contribution in [0, 0.1) is 0 Å². The van der Waals surface area contributed by atoms with Gasteiger partial charge in [0.25, 0.3) is 5.91 Å². The SMILES string of the molecule is C=C/C=C(\C=C)CC1N=C(c2ccc(O)cc2)c2cc(Cl)ccc2N(C)C1=O. The van der Waals surface area contributed by atoms with Crippen LogP contribution in [0.4, 0.5) is 5.69 Å². The van der Waals surface area contributed by atoms with Crippen LogP contribution in [-0.4, -0.2) is 29.8 Å². The maximum absolute atomic E-state index is 13.1. The second-order valence-electron chi connectivity index (χ2n) is 6.48. The van der Waals surface area contributed by atoms with Crippen molar-refractivity contribution in [1.29, 1.82) is 0 Å². The highest BCUT2D eigenvalue weighted by Gasteiger charge is 2.30. The van der Waals surface area contributed by atoms with Gasteiger partial charge in [-0.05, 0) is 48.0 Å². The molecule has 1 amide bonds. The molecule has 5 heteroatoms. The van der Waals surface area contributed by atoms with Crippen molar-refractivity contribution in [1.82, 2.24) is 0 Å². The van der Waals surface area contributed by atoms with Crippen molar-refractivity contribution in [3.05, 3.63) is 95.6 Å². The normalized spacial score (nSPS) is 16.9. The van der Waals surface area contributed by atoms with Crippen molar-refractivity contribution in [2.45, 2.75) is 12.5 Å². The molecule has 0 bridgehead atoms. The Morgan fingerprint density at radius 3 is 2.61 bits per heavy atom. The molecule has 2 aromatic carbocycles. The average Bonchev–Trinajstić information content (AvgIpc) is 2.78. The third-order valence-corrected chi connectivity index (χ3v) is 4.87. The predicted octanol–water partition coefficient (Wildman–Crippen LogP) is 4.92. The maximum Gasteiger partial charge on any atom is 0.251 e. The Morgan fingerprint density at radius 2 is 1.96 bits per heavy atom. The first-order valence-electron chi connectivity index (χ1n) is 8.83. The average molecular weight is 393 g/mol. The summed E-state index contributed by atoms with van der Waals surface area (Å²) in [4.78, 5) is 19.6. The van der Waals surface area contributed by atoms with Crippen LogP contribution in [-0.2, 0) is 4.79 Å². The van der Waals surface area contributed by atoms with E-state index in [1.165, 1.54) is 0 Å². The van der Waals surface area contributed by atoms with Crippen molar-refractivity contribution in [2.75, 3.05) is 11.9 Å². The van der Waals surface area contributed by atoms with E-state index in [1.807, 2.05) is 18.2 Å². The molecular formula is C23H21ClN2O2. The van der Waals surface area contributed by atoms with E-state index >= 15 is 0 Å². The summed E-state index contributed by atoms with van der Waals surface area (Å²) in [5.74, 6) is 0.0473. The molecule has 1 heterocycles. The lowest BCUT2D eigenvalue weighted by Crippen LogP contribution is -2.34. The summed E-state index contributed by atoms with van der Waals surface area (Å²) in [5, 5.41) is 10.2. The number of fused-ring (bicyclic) bond motifs is 1. The number of carbonyl (C=O) groups excluding carboxylic acids is 1. The number of benzene rings is 2. The summed E-state index contributed by atoms with van der Waals surface area (Å²) in [5.41, 5.74) is 3.82. The van der Waals surface area contributed by atoms with Crippen LogP contribution in [0.3, 0.4) is 0 Å². The van der Waals surface area contributed by atoms with Gasteiger partial charge in [-0.3, -0.25) is 9.79 Å². The minimum Gasteiger partial charge on any atom is -0.508 e. The van der Waals surface area contributed by atoms with Gasteiger partial charge in [0.2, 0.25) is 0 Å². The Kier molecular flexibility index (Phi) is 5.81. The van der Waals surface area contributed by atoms with Gasteiger partial charge in [0.05, 0.1) is 11.4 Å². The summed E-state index contributed by atoms with van der Waals surface area (Å²) in [6.45, 7) is 7.53. The summed E-state index contributed by atoms with van der Waals surface area (Å²) >= 11 is 6.24. The number of allylic oxidation sites excluding steroid dienone is 3. The Hall–Kier alpha value is -3.11. The zero-order chi connectivity index (χ0) is 20.3. The van der Waals surface area contributed by atoms with Gasteiger partial charge in [-0.2, -0.15) is 0 Å². The number of likely N-dealkylation sites (N-methyl/N-ethyl adjacent to an activating group) is 1. The van der Waals surface area contributed by atoms with E-state index < -0.39 is 6.04 Å². The van der Waals surface area contributed by atoms with Crippen LogP contribution >= 0.6 is 11.6 Å². The van der Waals surface area contributed by atoms with Crippen LogP contribution in [0.1, 0.15) is 17.5 Å². The number of aromatic hydroxyl groups is 1. The van der Waals surface area contributed by atoms with Crippen LogP contribution in [0.25, 0.3) is 0 Å². The topological polar surface area (TPSA) is 52.9 Å². The molecule has 0 saturated carbocycles. The molecule has 0 aromatic heterocycles. The number of aliphatic imine (C=N–C) groups is 1. The fourth-order valence-electron chi connectivity index (χ4n) is 3.19. The number of phenols is 1. The molecule has 28 heavy (non-hydrogen) atoms. The molecule has 2 aromatic rings. The van der Waals surface area contributed by atoms with Gasteiger partial charge < -0.3 is 10.0 Å². The van der Waals surface area contributed by atoms with E-state index in [9.17, 15) is 9.90 Å². The first-order chi connectivity index (χ1) is 13.4. The summed E-state index contributed by atoms with van der Waals surface area (Å²) in [6.07, 6.45) is 5.60. The molecule has 3 rings (SSSR count). The molecule has 0 aliphatic carbocycles. The quantitative estimate of drug-likeness (QED) is 0.734. The smallest absolute Gasteiger partial charge is 0.251 e. The van der Waals surface area contributed by atoms with Gasteiger partial charge in [-0.15, -0.1) is 0 Å². The van der Waals surface area contributed by atoms with E-state index in [2.05, 4.69) is 13.2 Å². The van der Waals surface area contributed by atoms with E-state index in [1.54, 1.807) is 54.4 Å². The first-order valence-corrected chi connectivity index (χ1v) is 9.21. The molecule has 0 saturated heterocycles. The minimum absolute atomic E-state index is 0.117. The molecule has 0 fully saturated rings. The Morgan fingerprint density at radius 1 is 1.25 bits per heavy atom. The summed E-state index contributed by atoms with van der Waals surface area (Å²) in [6, 6.07) is 11.5. The van der Waals surface area contributed by atoms with Crippen LogP contribution in [0.2, 0.25) is 5.02 Å². The van der Waals surface area contributed by atoms with Crippen molar-refractivity contribution in [2.24, 2.45) is 4.99 Å². The summed E-state index contributed by atoms with van der Waals surface area (Å²) in [7, 11) is 1.74. The molecule has 0 radical (unpaired) electrons. The lowest BCUT2D eigenvalue weighted by atomic mass is 10.00. The number of carbonyl (C=O) groups is 1. The first kappa shape index (κ1) is 19.6. The number of benzodiazepines with no additional fused rings is 1. The third-order valence-electron chi connectivity index (χ3n) is 4.64. The van der Waals surface area contributed by atoms with Crippen molar-refractivity contribution >= 4 is 28.9 Å². The molecule has 1 atom stereocenters. The number of rotatable bonds is 5. The number of nitrogens with zero attached hydrogens (tertiary/aromatic N) is 2. The van der Waals surface area contributed by atoms with Gasteiger partial charge in [0.1, 0.15) is 11.8 Å². The number of halogens is 1. The summed E-state index contributed by atoms with van der Waals surface area (Å²) < 4.78 is 0. The monoisotopic (exact) mass is 392 g/mol. The molecular weight excluding hydrogens is 372 g/mol. The number of amides is 1. The number of hydrogen-bond donors (Lipinski definition) is 1. The number of hydrogen-bond acceptors (Lipinski definition) is 3. The van der Waals surface area contributed by atoms with Crippen LogP contribution in [0.5, 0.6) is 5.75 Å². The second kappa shape index (κ2) is 8.28. The molecule has 0 spiro atoms. The third kappa shape index (κ3) is 3.92. The van der Waals surface area contributed by atoms with E-state index in [-0.39, 0.29) is 11.7 Å². The Labute approximate surface area is 169 Å². The van der Waals surface area contributed by atoms with Gasteiger partial charge >= 0.3 is 0 Å². The highest BCUT2D eigenvalue weighted by atomic mass is 35.5. The Bertz CT molecular complexity index is 990. The molecule has 4 nitrogen and oxygen atoms in total. The zero-order valence-corrected chi connectivity index (χ0v) is 16.4. The highest BCUT2D eigenvalue weighted by Crippen LogP contribution is 2.31. The van der Waals surface area contributed by atoms with Gasteiger partial charge in [-0.1, -0.05) is 43.0 Å². The molecule has 1 N–H and O–H groups in total. The fourth-order valence-corrected chi connectivity index (χ4v) is 3.36. The standard InChI is InChI=1S/C23H21ClN2O2/c1-4-6-15(5-2)13-20-23(28)26(3)21-12-9-17(24)14-19(21)22(25-20)16-7-10-18(27)11-8-16/h4-12,14,20,27H,1-2,13H2,3H3/b15-6+. The van der Waals surface area contributed by atoms with Crippen LogP contribution < -0.4 is 4.90 Å². The van der Waals surface area contributed by atoms with Gasteiger partial charge in [-0.25, -0.2) is 0 Å². The van der Waals surface area contributed by atoms with Gasteiger partial charge in [0, 0.05) is 29.6 Å². The molecule has 142 valence electrons. The lowest BCUT2D eigenvalue weighted by molar-refractivity contribution is -0.119. The van der Waals surface area contributed by atoms with Crippen LogP contribution in [0.15, 0.2) is 84.4 Å². The van der Waals surface area contributed by atoms with Crippen molar-refractivity contribution in [3.63, 3.8) is 0 Å². The minimum atomic E-state index is -0.621. The van der Waals surface area contributed by atoms with Gasteiger partial charge in [0.15, 0.2) is 0 Å². The predicted molar refractivity (Wildman–Crippen MR) is 115 cm³/mol. The Balaban J connectivity index is 2.20. The molecule has 1 aliphatic heterocycles. The van der Waals surface area contributed by atoms with E-state index in [0.29, 0.717) is 17.2 Å². The second-order valence-corrected chi connectivity index (χ2v) is 6.92. The van der Waals surface area contributed by atoms with Crippen molar-refractivity contribution in [3.8, 4) is 5.75 Å².